The number of nitrogens with one attached hydrogen (secondary N) is 4. The molecular formula is C23H29ClN6O4. The van der Waals surface area contributed by atoms with Gasteiger partial charge in [0.05, 0.1) is 18.4 Å². The third-order valence-electron chi connectivity index (χ3n) is 6.23. The third-order valence-corrected chi connectivity index (χ3v) is 6.60. The summed E-state index contributed by atoms with van der Waals surface area (Å²) < 4.78 is 5.58. The molecule has 0 radical (unpaired) electrons. The van der Waals surface area contributed by atoms with Gasteiger partial charge in [-0.1, -0.05) is 29.3 Å². The van der Waals surface area contributed by atoms with Gasteiger partial charge < -0.3 is 25.6 Å². The number of benzene rings is 1. The van der Waals surface area contributed by atoms with Crippen LogP contribution in [0.5, 0.6) is 0 Å². The Morgan fingerprint density at radius 1 is 1.09 bits per heavy atom. The molecule has 1 saturated heterocycles. The molecule has 1 aromatic heterocycles. The zero-order chi connectivity index (χ0) is 24.1. The molecule has 182 valence electrons. The van der Waals surface area contributed by atoms with Crippen LogP contribution in [0.2, 0.25) is 5.02 Å². The molecule has 1 aromatic carbocycles. The molecule has 2 aromatic rings. The summed E-state index contributed by atoms with van der Waals surface area (Å²) in [6, 6.07) is 7.49. The Hall–Kier alpha value is -3.27. The molecule has 10 nitrogen and oxygen atoms in total. The first kappa shape index (κ1) is 23.9. The number of aromatic nitrogens is 2. The van der Waals surface area contributed by atoms with Crippen molar-refractivity contribution in [1.82, 2.24) is 20.8 Å². The molecule has 1 aliphatic heterocycles. The molecule has 0 unspecified atom stereocenters. The smallest absolute Gasteiger partial charge is 0.407 e. The second-order valence-corrected chi connectivity index (χ2v) is 9.20. The van der Waals surface area contributed by atoms with Gasteiger partial charge in [0.2, 0.25) is 0 Å². The first-order chi connectivity index (χ1) is 16.4. The highest BCUT2D eigenvalue weighted by molar-refractivity contribution is 6.33. The van der Waals surface area contributed by atoms with Crippen molar-refractivity contribution in [2.24, 2.45) is 0 Å². The summed E-state index contributed by atoms with van der Waals surface area (Å²) in [5.41, 5.74) is 1.98. The number of alkyl carbamates (subject to hydrolysis) is 1. The Morgan fingerprint density at radius 2 is 1.76 bits per heavy atom. The number of carbonyl (C=O) groups excluding carboxylic acids is 2. The van der Waals surface area contributed by atoms with Crippen LogP contribution in [-0.4, -0.2) is 53.6 Å². The van der Waals surface area contributed by atoms with Gasteiger partial charge >= 0.3 is 12.1 Å². The van der Waals surface area contributed by atoms with Gasteiger partial charge in [-0.3, -0.25) is 4.79 Å². The number of anilines is 2. The lowest BCUT2D eigenvalue weighted by atomic mass is 9.91. The van der Waals surface area contributed by atoms with E-state index in [-0.39, 0.29) is 29.2 Å². The van der Waals surface area contributed by atoms with Crippen molar-refractivity contribution in [3.63, 3.8) is 0 Å². The van der Waals surface area contributed by atoms with Crippen molar-refractivity contribution in [1.29, 1.82) is 0 Å². The lowest BCUT2D eigenvalue weighted by molar-refractivity contribution is 0.102. The first-order valence-corrected chi connectivity index (χ1v) is 11.8. The van der Waals surface area contributed by atoms with Crippen LogP contribution in [0.25, 0.3) is 0 Å². The van der Waals surface area contributed by atoms with Crippen LogP contribution in [0.4, 0.5) is 21.0 Å². The van der Waals surface area contributed by atoms with E-state index in [1.165, 1.54) is 6.20 Å². The fraction of sp³-hybridized carbons (Fsp3) is 0.478. The van der Waals surface area contributed by atoms with Crippen LogP contribution < -0.4 is 26.4 Å². The average Bonchev–Trinajstić information content (AvgIpc) is 3.26. The number of amides is 3. The summed E-state index contributed by atoms with van der Waals surface area (Å²) in [5.74, 6) is 0. The maximum Gasteiger partial charge on any atom is 0.407 e. The van der Waals surface area contributed by atoms with Gasteiger partial charge in [0.1, 0.15) is 11.1 Å². The standard InChI is InChI=1S/C23H29ClN6O4/c1-14-2-4-15(5-3-14)26-22(32)27-16-6-8-17(9-7-16)28-23(33)34-18-10-11-30(13-18)19-12-25-29-21(31)20(19)24/h2-5,12,16-18H,6-11,13H2,1H3,(H,28,33)(H,29,31)(H2,26,27,32)/t16-,17-,18-/m1/s1. The number of urea groups is 1. The van der Waals surface area contributed by atoms with Gasteiger partial charge in [0.15, 0.2) is 0 Å². The molecule has 1 atom stereocenters. The molecule has 1 saturated carbocycles. The Balaban J connectivity index is 1.16. The monoisotopic (exact) mass is 488 g/mol. The van der Waals surface area contributed by atoms with E-state index in [9.17, 15) is 14.4 Å². The molecule has 11 heteroatoms. The SMILES string of the molecule is Cc1ccc(NC(=O)N[C@H]2CC[C@H](NC(=O)O[C@@H]3CCN(c4cn[nH]c(=O)c4Cl)C3)CC2)cc1. The number of aromatic amines is 1. The van der Waals surface area contributed by atoms with Crippen LogP contribution in [0, 0.1) is 6.92 Å². The first-order valence-electron chi connectivity index (χ1n) is 11.5. The van der Waals surface area contributed by atoms with E-state index < -0.39 is 11.7 Å². The summed E-state index contributed by atoms with van der Waals surface area (Å²) in [6.07, 6.45) is 4.47. The molecular weight excluding hydrogens is 460 g/mol. The van der Waals surface area contributed by atoms with E-state index >= 15 is 0 Å². The third kappa shape index (κ3) is 6.19. The minimum Gasteiger partial charge on any atom is -0.444 e. The fourth-order valence-corrected chi connectivity index (χ4v) is 4.57. The van der Waals surface area contributed by atoms with Gasteiger partial charge in [-0.2, -0.15) is 5.10 Å². The van der Waals surface area contributed by atoms with Crippen molar-refractivity contribution >= 4 is 35.1 Å². The lowest BCUT2D eigenvalue weighted by Gasteiger charge is -2.29. The Bertz CT molecular complexity index is 1070. The van der Waals surface area contributed by atoms with Crippen molar-refractivity contribution in [2.75, 3.05) is 23.3 Å². The van der Waals surface area contributed by atoms with E-state index in [1.807, 2.05) is 36.1 Å². The minimum atomic E-state index is -0.449. The zero-order valence-electron chi connectivity index (χ0n) is 19.0. The molecule has 3 amide bonds. The number of nitrogens with zero attached hydrogens (tertiary/aromatic N) is 2. The van der Waals surface area contributed by atoms with E-state index in [2.05, 4.69) is 26.1 Å². The number of aryl methyl sites for hydroxylation is 1. The molecule has 4 rings (SSSR count). The Morgan fingerprint density at radius 3 is 2.47 bits per heavy atom. The number of H-pyrrole nitrogens is 1. The van der Waals surface area contributed by atoms with Gasteiger partial charge in [-0.05, 0) is 44.7 Å². The normalized spacial score (nSPS) is 22.2. The van der Waals surface area contributed by atoms with Crippen molar-refractivity contribution in [2.45, 2.75) is 57.2 Å². The minimum absolute atomic E-state index is 0.00884. The maximum absolute atomic E-state index is 12.4. The quantitative estimate of drug-likeness (QED) is 0.511. The summed E-state index contributed by atoms with van der Waals surface area (Å²) in [6.45, 7) is 3.06. The van der Waals surface area contributed by atoms with Crippen LogP contribution in [0.1, 0.15) is 37.7 Å². The van der Waals surface area contributed by atoms with Gasteiger partial charge in [-0.15, -0.1) is 0 Å². The van der Waals surface area contributed by atoms with Crippen LogP contribution in [0.15, 0.2) is 35.3 Å². The molecule has 1 aliphatic carbocycles. The highest BCUT2D eigenvalue weighted by atomic mass is 35.5. The van der Waals surface area contributed by atoms with Gasteiger partial charge in [0, 0.05) is 30.7 Å². The van der Waals surface area contributed by atoms with Crippen molar-refractivity contribution in [3.8, 4) is 0 Å². The van der Waals surface area contributed by atoms with Gasteiger partial charge in [-0.25, -0.2) is 14.7 Å². The van der Waals surface area contributed by atoms with Gasteiger partial charge in [0.25, 0.3) is 5.56 Å². The predicted octanol–water partition coefficient (Wildman–Crippen LogP) is 3.17. The molecule has 2 aliphatic rings. The topological polar surface area (TPSA) is 128 Å². The summed E-state index contributed by atoms with van der Waals surface area (Å²) in [7, 11) is 0. The molecule has 2 fully saturated rings. The number of carbonyl (C=O) groups is 2. The maximum atomic E-state index is 12.4. The van der Waals surface area contributed by atoms with E-state index in [0.29, 0.717) is 25.2 Å². The van der Waals surface area contributed by atoms with Crippen LogP contribution in [0.3, 0.4) is 0 Å². The lowest BCUT2D eigenvalue weighted by Crippen LogP contribution is -2.45. The highest BCUT2D eigenvalue weighted by Gasteiger charge is 2.29. The summed E-state index contributed by atoms with van der Waals surface area (Å²) in [4.78, 5) is 38.2. The summed E-state index contributed by atoms with van der Waals surface area (Å²) in [5, 5.41) is 14.9. The van der Waals surface area contributed by atoms with Crippen molar-refractivity contribution in [3.05, 3.63) is 51.4 Å². The number of rotatable bonds is 5. The molecule has 0 spiro atoms. The number of halogens is 1. The van der Waals surface area contributed by atoms with E-state index in [0.717, 1.165) is 36.9 Å². The van der Waals surface area contributed by atoms with E-state index in [4.69, 9.17) is 16.3 Å². The highest BCUT2D eigenvalue weighted by Crippen LogP contribution is 2.26. The molecule has 2 heterocycles. The zero-order valence-corrected chi connectivity index (χ0v) is 19.7. The Labute approximate surface area is 202 Å². The van der Waals surface area contributed by atoms with E-state index in [1.54, 1.807) is 0 Å². The molecule has 4 N–H and O–H groups in total. The molecule has 34 heavy (non-hydrogen) atoms. The average molecular weight is 489 g/mol. The van der Waals surface area contributed by atoms with Crippen LogP contribution in [-0.2, 0) is 4.74 Å². The second-order valence-electron chi connectivity index (χ2n) is 8.82. The second kappa shape index (κ2) is 10.8. The molecule has 0 bridgehead atoms. The van der Waals surface area contributed by atoms with Crippen molar-refractivity contribution < 1.29 is 14.3 Å². The Kier molecular flexibility index (Phi) is 7.56. The fourth-order valence-electron chi connectivity index (χ4n) is 4.36. The number of hydrogen-bond donors (Lipinski definition) is 4. The van der Waals surface area contributed by atoms with Crippen LogP contribution >= 0.6 is 11.6 Å². The number of hydrogen-bond acceptors (Lipinski definition) is 6. The predicted molar refractivity (Wildman–Crippen MR) is 129 cm³/mol. The number of ether oxygens (including phenoxy) is 1. The largest absolute Gasteiger partial charge is 0.444 e. The summed E-state index contributed by atoms with van der Waals surface area (Å²) >= 11 is 6.07.